The van der Waals surface area contributed by atoms with Gasteiger partial charge in [0.2, 0.25) is 0 Å². The third kappa shape index (κ3) is 6.83. The molecule has 2 aromatic rings. The molecule has 0 spiro atoms. The second-order valence-corrected chi connectivity index (χ2v) is 9.20. The van der Waals surface area contributed by atoms with Crippen LogP contribution < -0.4 is 5.32 Å². The summed E-state index contributed by atoms with van der Waals surface area (Å²) in [5.74, 6) is -0.916. The first kappa shape index (κ1) is 21.0. The molecular weight excluding hydrogens is 486 g/mol. The molecule has 24 heavy (non-hydrogen) atoms. The Morgan fingerprint density at radius 2 is 1.67 bits per heavy atom. The van der Waals surface area contributed by atoms with E-state index in [1.165, 1.54) is 11.3 Å². The molecule has 0 aliphatic heterocycles. The van der Waals surface area contributed by atoms with Crippen LogP contribution in [0.4, 0.5) is 9.80 Å². The maximum absolute atomic E-state index is 11.2. The summed E-state index contributed by atoms with van der Waals surface area (Å²) in [6.07, 6.45) is -0.564. The lowest BCUT2D eigenvalue weighted by molar-refractivity contribution is 0.0701. The summed E-state index contributed by atoms with van der Waals surface area (Å²) in [5.41, 5.74) is 1.34. The largest absolute Gasteiger partial charge is 0.477 e. The van der Waals surface area contributed by atoms with Gasteiger partial charge in [0, 0.05) is 0 Å². The second kappa shape index (κ2) is 9.44. The van der Waals surface area contributed by atoms with Crippen LogP contribution >= 0.6 is 54.5 Å². The van der Waals surface area contributed by atoms with Gasteiger partial charge in [-0.05, 0) is 59.6 Å². The first-order chi connectivity index (χ1) is 11.1. The van der Waals surface area contributed by atoms with Gasteiger partial charge in [0.15, 0.2) is 7.83 Å². The molecule has 0 bridgehead atoms. The topological polar surface area (TPSA) is 101 Å². The SMILES string of the molecule is Cc1nc(Br)sc1C(=O)O.Cc1nc(Br)sc1NC(=O)OC(C)C. The van der Waals surface area contributed by atoms with Crippen molar-refractivity contribution in [3.63, 3.8) is 0 Å². The van der Waals surface area contributed by atoms with Gasteiger partial charge in [-0.15, -0.1) is 0 Å². The Bertz CT molecular complexity index is 731. The Morgan fingerprint density at radius 3 is 2.00 bits per heavy atom. The second-order valence-electron chi connectivity index (χ2n) is 4.65. The van der Waals surface area contributed by atoms with E-state index >= 15 is 0 Å². The van der Waals surface area contributed by atoms with Gasteiger partial charge in [-0.3, -0.25) is 5.32 Å². The van der Waals surface area contributed by atoms with Gasteiger partial charge in [-0.2, -0.15) is 0 Å². The zero-order chi connectivity index (χ0) is 18.4. The highest BCUT2D eigenvalue weighted by Crippen LogP contribution is 2.27. The standard InChI is InChI=1S/C8H11BrN2O2S.C5H4BrNO2S/c1-4(2)13-8(12)11-6-5(3)10-7(9)14-6;1-2-3(4(8)9)10-5(6)7-2/h4H,1-3H3,(H,11,12);1H3,(H,8,9). The molecule has 0 aromatic carbocycles. The number of nitrogens with zero attached hydrogens (tertiary/aromatic N) is 2. The molecule has 2 N–H and O–H groups in total. The molecule has 0 aliphatic carbocycles. The van der Waals surface area contributed by atoms with Crippen LogP contribution in [0.15, 0.2) is 7.83 Å². The summed E-state index contributed by atoms with van der Waals surface area (Å²) < 4.78 is 6.29. The fourth-order valence-electron chi connectivity index (χ4n) is 1.38. The lowest BCUT2D eigenvalue weighted by atomic mass is 10.4. The number of halogens is 2. The molecule has 0 saturated heterocycles. The summed E-state index contributed by atoms with van der Waals surface area (Å²) >= 11 is 8.83. The number of carboxylic acids is 1. The zero-order valence-electron chi connectivity index (χ0n) is 13.2. The van der Waals surface area contributed by atoms with Crippen molar-refractivity contribution in [3.05, 3.63) is 24.1 Å². The fraction of sp³-hybridized carbons (Fsp3) is 0.385. The third-order valence-corrected chi connectivity index (χ3v) is 5.41. The average Bonchev–Trinajstić information content (AvgIpc) is 2.91. The molecule has 7 nitrogen and oxygen atoms in total. The van der Waals surface area contributed by atoms with Crippen molar-refractivity contribution in [3.8, 4) is 0 Å². The minimum absolute atomic E-state index is 0.119. The number of thiazole rings is 2. The Hall–Kier alpha value is -1.04. The van der Waals surface area contributed by atoms with Crippen molar-refractivity contribution < 1.29 is 19.4 Å². The first-order valence-corrected chi connectivity index (χ1v) is 9.78. The minimum atomic E-state index is -0.916. The highest BCUT2D eigenvalue weighted by molar-refractivity contribution is 9.11. The van der Waals surface area contributed by atoms with Crippen LogP contribution in [0.3, 0.4) is 0 Å². The van der Waals surface area contributed by atoms with E-state index < -0.39 is 12.1 Å². The number of amides is 1. The number of carbonyl (C=O) groups excluding carboxylic acids is 1. The number of rotatable bonds is 3. The number of aromatic carboxylic acids is 1. The summed E-state index contributed by atoms with van der Waals surface area (Å²) in [4.78, 5) is 29.9. The van der Waals surface area contributed by atoms with Gasteiger partial charge in [-0.1, -0.05) is 22.7 Å². The van der Waals surface area contributed by atoms with Gasteiger partial charge in [-0.25, -0.2) is 19.6 Å². The predicted molar refractivity (Wildman–Crippen MR) is 101 cm³/mol. The molecule has 0 saturated carbocycles. The Kier molecular flexibility index (Phi) is 8.27. The molecule has 0 atom stereocenters. The molecule has 2 aromatic heterocycles. The van der Waals surface area contributed by atoms with Gasteiger partial charge in [0.1, 0.15) is 9.88 Å². The van der Waals surface area contributed by atoms with Crippen LogP contribution in [-0.2, 0) is 4.74 Å². The number of ether oxygens (including phenoxy) is 1. The Morgan fingerprint density at radius 1 is 1.12 bits per heavy atom. The lowest BCUT2D eigenvalue weighted by Crippen LogP contribution is -2.17. The number of carboxylic acid groups (broad SMARTS) is 1. The molecule has 132 valence electrons. The molecule has 0 aliphatic rings. The monoisotopic (exact) mass is 499 g/mol. The maximum Gasteiger partial charge on any atom is 0.412 e. The van der Waals surface area contributed by atoms with Crippen LogP contribution in [0.1, 0.15) is 34.9 Å². The van der Waals surface area contributed by atoms with E-state index in [0.29, 0.717) is 19.5 Å². The van der Waals surface area contributed by atoms with E-state index in [1.54, 1.807) is 20.8 Å². The molecule has 2 rings (SSSR count). The molecule has 2 heterocycles. The molecule has 0 fully saturated rings. The highest BCUT2D eigenvalue weighted by Gasteiger charge is 2.12. The quantitative estimate of drug-likeness (QED) is 0.609. The Labute approximate surface area is 163 Å². The van der Waals surface area contributed by atoms with Crippen molar-refractivity contribution in [2.75, 3.05) is 5.32 Å². The van der Waals surface area contributed by atoms with Crippen LogP contribution in [-0.4, -0.2) is 33.2 Å². The number of aryl methyl sites for hydroxylation is 2. The number of nitrogens with one attached hydrogen (secondary N) is 1. The molecular formula is C13H15Br2N3O4S2. The predicted octanol–water partition coefficient (Wildman–Crippen LogP) is 5.08. The van der Waals surface area contributed by atoms with E-state index in [-0.39, 0.29) is 6.10 Å². The number of hydrogen-bond acceptors (Lipinski definition) is 7. The van der Waals surface area contributed by atoms with E-state index in [1.807, 2.05) is 6.92 Å². The maximum atomic E-state index is 11.2. The zero-order valence-corrected chi connectivity index (χ0v) is 18.0. The number of anilines is 1. The molecule has 1 amide bonds. The smallest absolute Gasteiger partial charge is 0.412 e. The molecule has 0 radical (unpaired) electrons. The van der Waals surface area contributed by atoms with Crippen LogP contribution in [0.5, 0.6) is 0 Å². The molecule has 0 unspecified atom stereocenters. The van der Waals surface area contributed by atoms with Crippen LogP contribution in [0.2, 0.25) is 0 Å². The number of carbonyl (C=O) groups is 2. The van der Waals surface area contributed by atoms with Gasteiger partial charge >= 0.3 is 12.1 Å². The highest BCUT2D eigenvalue weighted by atomic mass is 79.9. The van der Waals surface area contributed by atoms with Gasteiger partial charge in [0.05, 0.1) is 17.5 Å². The van der Waals surface area contributed by atoms with Crippen molar-refractivity contribution in [2.24, 2.45) is 0 Å². The minimum Gasteiger partial charge on any atom is -0.477 e. The summed E-state index contributed by atoms with van der Waals surface area (Å²) in [6.45, 7) is 7.10. The first-order valence-electron chi connectivity index (χ1n) is 6.57. The normalized spacial score (nSPS) is 10.1. The fourth-order valence-corrected chi connectivity index (χ4v) is 4.19. The van der Waals surface area contributed by atoms with E-state index in [9.17, 15) is 9.59 Å². The average molecular weight is 501 g/mol. The summed E-state index contributed by atoms with van der Waals surface area (Å²) in [7, 11) is 0. The van der Waals surface area contributed by atoms with Crippen molar-refractivity contribution in [1.29, 1.82) is 0 Å². The summed E-state index contributed by atoms with van der Waals surface area (Å²) in [5, 5.41) is 11.9. The van der Waals surface area contributed by atoms with Crippen LogP contribution in [0.25, 0.3) is 0 Å². The summed E-state index contributed by atoms with van der Waals surface area (Å²) in [6, 6.07) is 0. The number of aromatic nitrogens is 2. The van der Waals surface area contributed by atoms with E-state index in [2.05, 4.69) is 47.1 Å². The van der Waals surface area contributed by atoms with Crippen LogP contribution in [0, 0.1) is 13.8 Å². The van der Waals surface area contributed by atoms with Crippen molar-refractivity contribution in [2.45, 2.75) is 33.8 Å². The number of hydrogen-bond donors (Lipinski definition) is 2. The van der Waals surface area contributed by atoms with Gasteiger partial charge < -0.3 is 9.84 Å². The molecule has 11 heteroatoms. The van der Waals surface area contributed by atoms with Crippen molar-refractivity contribution in [1.82, 2.24) is 9.97 Å². The van der Waals surface area contributed by atoms with E-state index in [0.717, 1.165) is 20.9 Å². The van der Waals surface area contributed by atoms with Crippen molar-refractivity contribution >= 4 is 71.6 Å². The third-order valence-electron chi connectivity index (χ3n) is 2.29. The van der Waals surface area contributed by atoms with Gasteiger partial charge in [0.25, 0.3) is 0 Å². The lowest BCUT2D eigenvalue weighted by Gasteiger charge is -2.07. The van der Waals surface area contributed by atoms with E-state index in [4.69, 9.17) is 9.84 Å². The Balaban J connectivity index is 0.000000254.